The van der Waals surface area contributed by atoms with Crippen LogP contribution in [0.15, 0.2) is 41.3 Å². The lowest BCUT2D eigenvalue weighted by Crippen LogP contribution is -2.14. The Kier molecular flexibility index (Phi) is 5.53. The Hall–Kier alpha value is -1.85. The largest absolute Gasteiger partial charge is 0.490 e. The molecule has 6 heteroatoms. The highest BCUT2D eigenvalue weighted by Gasteiger charge is 2.15. The molecule has 0 unspecified atom stereocenters. The van der Waals surface area contributed by atoms with Crippen LogP contribution in [0.1, 0.15) is 12.0 Å². The summed E-state index contributed by atoms with van der Waals surface area (Å²) in [5, 5.41) is 3.28. The average Bonchev–Trinajstić information content (AvgIpc) is 2.79. The number of halogens is 1. The summed E-state index contributed by atoms with van der Waals surface area (Å²) in [5.41, 5.74) is 1.69. The molecule has 0 fully saturated rings. The highest BCUT2D eigenvalue weighted by atomic mass is 35.5. The molecule has 1 N–H and O–H groups in total. The number of hydrogen-bond acceptors (Lipinski definition) is 4. The molecule has 0 atom stereocenters. The molecule has 4 nitrogen and oxygen atoms in total. The number of nitrogens with one attached hydrogen (secondary N) is 1. The molecule has 1 heterocycles. The van der Waals surface area contributed by atoms with Crippen LogP contribution in [0.4, 0.5) is 5.69 Å². The van der Waals surface area contributed by atoms with Crippen LogP contribution in [-0.4, -0.2) is 24.9 Å². The molecule has 0 aliphatic carbocycles. The number of anilines is 1. The number of amides is 1. The van der Waals surface area contributed by atoms with Crippen molar-refractivity contribution >= 4 is 35.0 Å². The van der Waals surface area contributed by atoms with E-state index in [1.165, 1.54) is 11.8 Å². The number of thioether (sulfide) groups is 1. The second kappa shape index (κ2) is 7.81. The summed E-state index contributed by atoms with van der Waals surface area (Å²) in [6, 6.07) is 11.4. The van der Waals surface area contributed by atoms with Gasteiger partial charge in [-0.05, 0) is 18.6 Å². The molecule has 24 heavy (non-hydrogen) atoms. The summed E-state index contributed by atoms with van der Waals surface area (Å²) in [5.74, 6) is 1.43. The van der Waals surface area contributed by atoms with Gasteiger partial charge in [-0.15, -0.1) is 11.8 Å². The van der Waals surface area contributed by atoms with Gasteiger partial charge in [0, 0.05) is 23.4 Å². The lowest BCUT2D eigenvalue weighted by Gasteiger charge is -2.12. The van der Waals surface area contributed by atoms with Crippen molar-refractivity contribution in [3.05, 3.63) is 47.0 Å². The van der Waals surface area contributed by atoms with Crippen LogP contribution in [0.25, 0.3) is 0 Å². The lowest BCUT2D eigenvalue weighted by atomic mass is 10.2. The third-order valence-corrected chi connectivity index (χ3v) is 5.05. The van der Waals surface area contributed by atoms with E-state index in [2.05, 4.69) is 5.32 Å². The molecule has 2 aromatic carbocycles. The zero-order chi connectivity index (χ0) is 16.9. The van der Waals surface area contributed by atoms with Crippen LogP contribution >= 0.6 is 23.4 Å². The van der Waals surface area contributed by atoms with Crippen molar-refractivity contribution in [2.24, 2.45) is 0 Å². The Morgan fingerprint density at radius 3 is 2.67 bits per heavy atom. The second-order valence-corrected chi connectivity index (χ2v) is 6.86. The van der Waals surface area contributed by atoms with Gasteiger partial charge in [-0.25, -0.2) is 0 Å². The quantitative estimate of drug-likeness (QED) is 0.810. The number of fused-ring (bicyclic) bond motifs is 1. The monoisotopic (exact) mass is 363 g/mol. The minimum atomic E-state index is -0.111. The number of carbonyl (C=O) groups excluding carboxylic acids is 1. The molecule has 0 spiro atoms. The molecular formula is C18H18ClNO3S. The van der Waals surface area contributed by atoms with Crippen LogP contribution < -0.4 is 14.8 Å². The first kappa shape index (κ1) is 17.0. The van der Waals surface area contributed by atoms with Crippen LogP contribution in [0.3, 0.4) is 0 Å². The Labute approximate surface area is 150 Å². The fourth-order valence-corrected chi connectivity index (χ4v) is 3.36. The molecule has 1 aliphatic heterocycles. The van der Waals surface area contributed by atoms with Gasteiger partial charge in [0.2, 0.25) is 5.91 Å². The van der Waals surface area contributed by atoms with E-state index < -0.39 is 0 Å². The topological polar surface area (TPSA) is 47.6 Å². The van der Waals surface area contributed by atoms with Crippen LogP contribution in [0.5, 0.6) is 11.5 Å². The molecular weight excluding hydrogens is 346 g/mol. The van der Waals surface area contributed by atoms with Gasteiger partial charge in [0.1, 0.15) is 0 Å². The number of rotatable bonds is 4. The van der Waals surface area contributed by atoms with Gasteiger partial charge in [0.15, 0.2) is 11.5 Å². The predicted octanol–water partition coefficient (Wildman–Crippen LogP) is 4.54. The summed E-state index contributed by atoms with van der Waals surface area (Å²) in [7, 11) is 0. The summed E-state index contributed by atoms with van der Waals surface area (Å²) in [6.45, 7) is 3.22. The normalized spacial score (nSPS) is 13.2. The predicted molar refractivity (Wildman–Crippen MR) is 97.6 cm³/mol. The summed E-state index contributed by atoms with van der Waals surface area (Å²) < 4.78 is 11.2. The third-order valence-electron chi connectivity index (χ3n) is 3.56. The van der Waals surface area contributed by atoms with Crippen molar-refractivity contribution in [1.29, 1.82) is 0 Å². The van der Waals surface area contributed by atoms with Crippen molar-refractivity contribution in [1.82, 2.24) is 0 Å². The van der Waals surface area contributed by atoms with Crippen molar-refractivity contribution in [3.8, 4) is 11.5 Å². The molecule has 0 saturated carbocycles. The number of carbonyl (C=O) groups is 1. The molecule has 0 radical (unpaired) electrons. The molecule has 1 aliphatic rings. The van der Waals surface area contributed by atoms with E-state index in [0.29, 0.717) is 41.2 Å². The SMILES string of the molecule is Cc1ccccc1SCC(=O)Nc1cc2c(cc1Cl)OCCCO2. The van der Waals surface area contributed by atoms with Gasteiger partial charge in [0.05, 0.1) is 29.7 Å². The van der Waals surface area contributed by atoms with Gasteiger partial charge < -0.3 is 14.8 Å². The zero-order valence-electron chi connectivity index (χ0n) is 13.3. The van der Waals surface area contributed by atoms with Crippen molar-refractivity contribution in [2.75, 3.05) is 24.3 Å². The van der Waals surface area contributed by atoms with Gasteiger partial charge >= 0.3 is 0 Å². The summed E-state index contributed by atoms with van der Waals surface area (Å²) in [4.78, 5) is 13.3. The number of aryl methyl sites for hydroxylation is 1. The van der Waals surface area contributed by atoms with Crippen molar-refractivity contribution in [2.45, 2.75) is 18.2 Å². The second-order valence-electron chi connectivity index (χ2n) is 5.43. The minimum absolute atomic E-state index is 0.111. The first-order valence-electron chi connectivity index (χ1n) is 7.71. The standard InChI is InChI=1S/C18H18ClNO3S/c1-12-5-2-3-6-17(12)24-11-18(21)20-14-10-16-15(9-13(14)19)22-7-4-8-23-16/h2-3,5-6,9-10H,4,7-8,11H2,1H3,(H,20,21). The molecule has 1 amide bonds. The van der Waals surface area contributed by atoms with Gasteiger partial charge in [-0.1, -0.05) is 29.8 Å². The lowest BCUT2D eigenvalue weighted by molar-refractivity contribution is -0.113. The average molecular weight is 364 g/mol. The fourth-order valence-electron chi connectivity index (χ4n) is 2.33. The Bertz CT molecular complexity index is 751. The first-order valence-corrected chi connectivity index (χ1v) is 9.07. The van der Waals surface area contributed by atoms with Crippen LogP contribution in [0.2, 0.25) is 5.02 Å². The summed E-state index contributed by atoms with van der Waals surface area (Å²) >= 11 is 7.75. The van der Waals surface area contributed by atoms with Gasteiger partial charge in [0.25, 0.3) is 0 Å². The summed E-state index contributed by atoms with van der Waals surface area (Å²) in [6.07, 6.45) is 0.820. The van der Waals surface area contributed by atoms with E-state index in [1.54, 1.807) is 12.1 Å². The van der Waals surface area contributed by atoms with E-state index in [0.717, 1.165) is 16.9 Å². The van der Waals surface area contributed by atoms with Crippen LogP contribution in [-0.2, 0) is 4.79 Å². The van der Waals surface area contributed by atoms with E-state index in [-0.39, 0.29) is 5.91 Å². The maximum Gasteiger partial charge on any atom is 0.234 e. The molecule has 126 valence electrons. The van der Waals surface area contributed by atoms with Crippen molar-refractivity contribution in [3.63, 3.8) is 0 Å². The Morgan fingerprint density at radius 1 is 1.21 bits per heavy atom. The van der Waals surface area contributed by atoms with E-state index in [1.807, 2.05) is 31.2 Å². The minimum Gasteiger partial charge on any atom is -0.490 e. The number of ether oxygens (including phenoxy) is 2. The maximum absolute atomic E-state index is 12.2. The van der Waals surface area contributed by atoms with Gasteiger partial charge in [-0.3, -0.25) is 4.79 Å². The molecule has 3 rings (SSSR count). The van der Waals surface area contributed by atoms with E-state index in [9.17, 15) is 4.79 Å². The first-order chi connectivity index (χ1) is 11.6. The smallest absolute Gasteiger partial charge is 0.234 e. The molecule has 2 aromatic rings. The van der Waals surface area contributed by atoms with E-state index >= 15 is 0 Å². The highest BCUT2D eigenvalue weighted by molar-refractivity contribution is 8.00. The Balaban J connectivity index is 1.66. The molecule has 0 saturated heterocycles. The maximum atomic E-state index is 12.2. The fraction of sp³-hybridized carbons (Fsp3) is 0.278. The van der Waals surface area contributed by atoms with Gasteiger partial charge in [-0.2, -0.15) is 0 Å². The number of benzene rings is 2. The molecule has 0 aromatic heterocycles. The van der Waals surface area contributed by atoms with Crippen molar-refractivity contribution < 1.29 is 14.3 Å². The number of hydrogen-bond donors (Lipinski definition) is 1. The molecule has 0 bridgehead atoms. The van der Waals surface area contributed by atoms with Crippen LogP contribution in [0, 0.1) is 6.92 Å². The zero-order valence-corrected chi connectivity index (χ0v) is 14.9. The van der Waals surface area contributed by atoms with E-state index in [4.69, 9.17) is 21.1 Å². The Morgan fingerprint density at radius 2 is 1.92 bits per heavy atom. The highest BCUT2D eigenvalue weighted by Crippen LogP contribution is 2.37. The third kappa shape index (κ3) is 4.16.